The van der Waals surface area contributed by atoms with Crippen LogP contribution in [0.1, 0.15) is 15.9 Å². The second kappa shape index (κ2) is 7.97. The van der Waals surface area contributed by atoms with Crippen LogP contribution in [0.25, 0.3) is 0 Å². The first kappa shape index (κ1) is 16.5. The van der Waals surface area contributed by atoms with Crippen LogP contribution in [0.2, 0.25) is 0 Å². The minimum Gasteiger partial charge on any atom is -0.497 e. The van der Waals surface area contributed by atoms with E-state index in [1.165, 1.54) is 0 Å². The lowest BCUT2D eigenvalue weighted by molar-refractivity contribution is 0.0948. The Balaban J connectivity index is 1.74. The Morgan fingerprint density at radius 2 is 1.80 bits per heavy atom. The number of aromatic nitrogens is 1. The summed E-state index contributed by atoms with van der Waals surface area (Å²) in [5, 5.41) is 2.88. The number of methoxy groups -OCH3 is 1. The number of nitrogens with zero attached hydrogens (tertiary/aromatic N) is 1. The van der Waals surface area contributed by atoms with E-state index in [0.717, 1.165) is 5.56 Å². The number of pyridine rings is 1. The molecule has 1 amide bonds. The second-order valence-corrected chi connectivity index (χ2v) is 5.31. The molecule has 5 heteroatoms. The average Bonchev–Trinajstić information content (AvgIpc) is 2.67. The van der Waals surface area contributed by atoms with Crippen LogP contribution in [0.15, 0.2) is 72.9 Å². The van der Waals surface area contributed by atoms with E-state index in [1.807, 2.05) is 42.5 Å². The number of hydrogen-bond donors (Lipinski definition) is 1. The molecule has 2 aromatic carbocycles. The Hall–Kier alpha value is -3.34. The van der Waals surface area contributed by atoms with Gasteiger partial charge in [0.1, 0.15) is 17.1 Å². The fourth-order valence-corrected chi connectivity index (χ4v) is 2.29. The molecule has 0 radical (unpaired) electrons. The molecule has 0 bridgehead atoms. The van der Waals surface area contributed by atoms with Gasteiger partial charge in [-0.05, 0) is 29.8 Å². The van der Waals surface area contributed by atoms with Gasteiger partial charge in [-0.2, -0.15) is 0 Å². The van der Waals surface area contributed by atoms with Crippen molar-refractivity contribution in [1.82, 2.24) is 10.3 Å². The van der Waals surface area contributed by atoms with E-state index in [1.54, 1.807) is 37.6 Å². The molecule has 0 fully saturated rings. The summed E-state index contributed by atoms with van der Waals surface area (Å²) >= 11 is 0. The summed E-state index contributed by atoms with van der Waals surface area (Å²) in [7, 11) is 1.59. The van der Waals surface area contributed by atoms with Gasteiger partial charge in [0.05, 0.1) is 7.11 Å². The Kier molecular flexibility index (Phi) is 5.26. The maximum atomic E-state index is 12.5. The smallest absolute Gasteiger partial charge is 0.257 e. The summed E-state index contributed by atoms with van der Waals surface area (Å²) in [5.74, 6) is 1.23. The highest BCUT2D eigenvalue weighted by Crippen LogP contribution is 2.26. The van der Waals surface area contributed by atoms with Crippen LogP contribution in [-0.4, -0.2) is 18.0 Å². The van der Waals surface area contributed by atoms with Gasteiger partial charge in [0.2, 0.25) is 5.88 Å². The first-order valence-corrected chi connectivity index (χ1v) is 7.85. The zero-order chi connectivity index (χ0) is 17.5. The molecule has 0 aliphatic carbocycles. The minimum absolute atomic E-state index is 0.241. The molecule has 3 aromatic rings. The lowest BCUT2D eigenvalue weighted by Crippen LogP contribution is -2.23. The molecule has 1 aromatic heterocycles. The van der Waals surface area contributed by atoms with Crippen LogP contribution >= 0.6 is 0 Å². The molecule has 0 aliphatic heterocycles. The molecule has 126 valence electrons. The number of nitrogens with one attached hydrogen (secondary N) is 1. The molecule has 25 heavy (non-hydrogen) atoms. The molecular formula is C20H18N2O3. The molecule has 0 saturated carbocycles. The van der Waals surface area contributed by atoms with Crippen molar-refractivity contribution in [2.24, 2.45) is 0 Å². The molecule has 0 spiro atoms. The highest BCUT2D eigenvalue weighted by Gasteiger charge is 2.14. The summed E-state index contributed by atoms with van der Waals surface area (Å²) in [4.78, 5) is 16.7. The topological polar surface area (TPSA) is 60.5 Å². The standard InChI is InChI=1S/C20H18N2O3/c1-24-16-9-5-10-17(13-16)25-20-18(11-6-12-21-20)19(23)22-14-15-7-3-2-4-8-15/h2-13H,14H2,1H3,(H,22,23). The molecule has 0 atom stereocenters. The van der Waals surface area contributed by atoms with Crippen LogP contribution in [0.3, 0.4) is 0 Å². The number of ether oxygens (including phenoxy) is 2. The Morgan fingerprint density at radius 1 is 1.00 bits per heavy atom. The maximum absolute atomic E-state index is 12.5. The number of benzene rings is 2. The van der Waals surface area contributed by atoms with E-state index < -0.39 is 0 Å². The first-order chi connectivity index (χ1) is 12.3. The van der Waals surface area contributed by atoms with Crippen molar-refractivity contribution in [3.63, 3.8) is 0 Å². The number of carbonyl (C=O) groups is 1. The number of carbonyl (C=O) groups excluding carboxylic acids is 1. The Bertz CT molecular complexity index is 850. The zero-order valence-corrected chi connectivity index (χ0v) is 13.8. The van der Waals surface area contributed by atoms with E-state index in [0.29, 0.717) is 23.6 Å². The maximum Gasteiger partial charge on any atom is 0.257 e. The van der Waals surface area contributed by atoms with Crippen molar-refractivity contribution in [2.45, 2.75) is 6.54 Å². The van der Waals surface area contributed by atoms with Gasteiger partial charge in [-0.3, -0.25) is 4.79 Å². The molecule has 0 aliphatic rings. The fourth-order valence-electron chi connectivity index (χ4n) is 2.29. The molecule has 5 nitrogen and oxygen atoms in total. The molecule has 0 saturated heterocycles. The van der Waals surface area contributed by atoms with Crippen LogP contribution in [-0.2, 0) is 6.54 Å². The molecule has 0 unspecified atom stereocenters. The lowest BCUT2D eigenvalue weighted by atomic mass is 10.2. The number of hydrogen-bond acceptors (Lipinski definition) is 4. The van der Waals surface area contributed by atoms with Gasteiger partial charge < -0.3 is 14.8 Å². The van der Waals surface area contributed by atoms with Crippen molar-refractivity contribution in [3.8, 4) is 17.4 Å². The average molecular weight is 334 g/mol. The van der Waals surface area contributed by atoms with E-state index in [4.69, 9.17) is 9.47 Å². The monoisotopic (exact) mass is 334 g/mol. The van der Waals surface area contributed by atoms with Gasteiger partial charge in [0, 0.05) is 18.8 Å². The van der Waals surface area contributed by atoms with Crippen LogP contribution in [0, 0.1) is 0 Å². The highest BCUT2D eigenvalue weighted by atomic mass is 16.5. The van der Waals surface area contributed by atoms with Crippen LogP contribution < -0.4 is 14.8 Å². The third kappa shape index (κ3) is 4.35. The fraction of sp³-hybridized carbons (Fsp3) is 0.100. The number of rotatable bonds is 6. The van der Waals surface area contributed by atoms with Crippen molar-refractivity contribution in [3.05, 3.63) is 84.1 Å². The van der Waals surface area contributed by atoms with Gasteiger partial charge in [0.15, 0.2) is 0 Å². The van der Waals surface area contributed by atoms with E-state index in [2.05, 4.69) is 10.3 Å². The number of amides is 1. The summed E-state index contributed by atoms with van der Waals surface area (Å²) in [5.41, 5.74) is 1.40. The zero-order valence-electron chi connectivity index (χ0n) is 13.8. The Labute approximate surface area is 146 Å². The molecule has 1 N–H and O–H groups in total. The van der Waals surface area contributed by atoms with Crippen molar-refractivity contribution < 1.29 is 14.3 Å². The van der Waals surface area contributed by atoms with Gasteiger partial charge >= 0.3 is 0 Å². The third-order valence-corrected chi connectivity index (χ3v) is 3.57. The first-order valence-electron chi connectivity index (χ1n) is 7.85. The highest BCUT2D eigenvalue weighted by molar-refractivity contribution is 5.96. The van der Waals surface area contributed by atoms with Gasteiger partial charge in [-0.15, -0.1) is 0 Å². The predicted octanol–water partition coefficient (Wildman–Crippen LogP) is 3.81. The largest absolute Gasteiger partial charge is 0.497 e. The molecular weight excluding hydrogens is 316 g/mol. The normalized spacial score (nSPS) is 10.1. The van der Waals surface area contributed by atoms with E-state index in [-0.39, 0.29) is 11.8 Å². The van der Waals surface area contributed by atoms with Crippen molar-refractivity contribution >= 4 is 5.91 Å². The molecule has 1 heterocycles. The summed E-state index contributed by atoms with van der Waals surface area (Å²) in [6.07, 6.45) is 1.59. The van der Waals surface area contributed by atoms with Crippen LogP contribution in [0.5, 0.6) is 17.4 Å². The summed E-state index contributed by atoms with van der Waals surface area (Å²) in [6.45, 7) is 0.438. The Morgan fingerprint density at radius 3 is 2.60 bits per heavy atom. The summed E-state index contributed by atoms with van der Waals surface area (Å²) < 4.78 is 11.0. The third-order valence-electron chi connectivity index (χ3n) is 3.57. The quantitative estimate of drug-likeness (QED) is 0.744. The van der Waals surface area contributed by atoms with Crippen LogP contribution in [0.4, 0.5) is 0 Å². The predicted molar refractivity (Wildman–Crippen MR) is 94.9 cm³/mol. The second-order valence-electron chi connectivity index (χ2n) is 5.31. The van der Waals surface area contributed by atoms with Crippen molar-refractivity contribution in [1.29, 1.82) is 0 Å². The van der Waals surface area contributed by atoms with Gasteiger partial charge in [0.25, 0.3) is 5.91 Å². The molecule has 3 rings (SSSR count). The van der Waals surface area contributed by atoms with Crippen molar-refractivity contribution in [2.75, 3.05) is 7.11 Å². The van der Waals surface area contributed by atoms with Gasteiger partial charge in [-0.1, -0.05) is 36.4 Å². The SMILES string of the molecule is COc1cccc(Oc2ncccc2C(=O)NCc2ccccc2)c1. The van der Waals surface area contributed by atoms with E-state index >= 15 is 0 Å². The van der Waals surface area contributed by atoms with E-state index in [9.17, 15) is 4.79 Å². The van der Waals surface area contributed by atoms with Gasteiger partial charge in [-0.25, -0.2) is 4.98 Å². The summed E-state index contributed by atoms with van der Waals surface area (Å²) in [6, 6.07) is 20.2. The lowest BCUT2D eigenvalue weighted by Gasteiger charge is -2.11. The minimum atomic E-state index is -0.241.